The lowest BCUT2D eigenvalue weighted by atomic mass is 9.75. The Balaban J connectivity index is 1.71. The van der Waals surface area contributed by atoms with Crippen LogP contribution in [0.4, 0.5) is 5.82 Å². The van der Waals surface area contributed by atoms with E-state index in [0.29, 0.717) is 0 Å². The van der Waals surface area contributed by atoms with E-state index in [1.165, 1.54) is 29.7 Å². The number of anilines is 1. The molecule has 3 heteroatoms. The van der Waals surface area contributed by atoms with Gasteiger partial charge in [-0.15, -0.1) is 0 Å². The van der Waals surface area contributed by atoms with Crippen LogP contribution in [0.25, 0.3) is 0 Å². The highest BCUT2D eigenvalue weighted by Crippen LogP contribution is 2.39. The Bertz CT molecular complexity index is 611. The summed E-state index contributed by atoms with van der Waals surface area (Å²) in [6.07, 6.45) is 5.67. The molecule has 1 aromatic heterocycles. The van der Waals surface area contributed by atoms with Crippen molar-refractivity contribution in [1.29, 1.82) is 0 Å². The molecule has 2 N–H and O–H groups in total. The van der Waals surface area contributed by atoms with Crippen LogP contribution in [0.2, 0.25) is 0 Å². The largest absolute Gasteiger partial charge is 0.384 e. The van der Waals surface area contributed by atoms with Crippen LogP contribution in [0.5, 0.6) is 0 Å². The van der Waals surface area contributed by atoms with Crippen LogP contribution in [-0.4, -0.2) is 9.78 Å². The zero-order chi connectivity index (χ0) is 14.9. The second kappa shape index (κ2) is 5.55. The number of nitrogens with two attached hydrogens (primary N) is 1. The van der Waals surface area contributed by atoms with Crippen LogP contribution < -0.4 is 5.73 Å². The number of fused-ring (bicyclic) bond motifs is 1. The molecule has 1 aliphatic carbocycles. The smallest absolute Gasteiger partial charge is 0.125 e. The third-order valence-corrected chi connectivity index (χ3v) is 4.63. The predicted octanol–water partition coefficient (Wildman–Crippen LogP) is 3.71. The molecule has 3 nitrogen and oxygen atoms in total. The zero-order valence-corrected chi connectivity index (χ0v) is 13.1. The molecule has 0 radical (unpaired) electrons. The second-order valence-corrected chi connectivity index (χ2v) is 6.76. The molecule has 21 heavy (non-hydrogen) atoms. The molecule has 0 saturated heterocycles. The van der Waals surface area contributed by atoms with Gasteiger partial charge < -0.3 is 5.73 Å². The molecule has 1 aliphatic rings. The van der Waals surface area contributed by atoms with Gasteiger partial charge in [0.1, 0.15) is 5.82 Å². The van der Waals surface area contributed by atoms with Crippen molar-refractivity contribution in [3.05, 3.63) is 47.2 Å². The Kier molecular flexibility index (Phi) is 3.75. The van der Waals surface area contributed by atoms with Gasteiger partial charge in [-0.2, -0.15) is 5.10 Å². The highest BCUT2D eigenvalue weighted by atomic mass is 15.3. The molecule has 0 spiro atoms. The molecule has 0 unspecified atom stereocenters. The molecule has 0 amide bonds. The van der Waals surface area contributed by atoms with Crippen molar-refractivity contribution in [2.75, 3.05) is 5.73 Å². The summed E-state index contributed by atoms with van der Waals surface area (Å²) in [4.78, 5) is 0. The van der Waals surface area contributed by atoms with Crippen molar-refractivity contribution in [2.45, 2.75) is 57.9 Å². The Morgan fingerprint density at radius 1 is 1.24 bits per heavy atom. The number of nitrogen functional groups attached to an aromatic ring is 1. The number of aryl methyl sites for hydroxylation is 3. The first-order valence-corrected chi connectivity index (χ1v) is 7.97. The summed E-state index contributed by atoms with van der Waals surface area (Å²) in [7, 11) is 0. The van der Waals surface area contributed by atoms with Gasteiger partial charge in [-0.1, -0.05) is 44.2 Å². The highest BCUT2D eigenvalue weighted by Gasteiger charge is 2.33. The number of hydrogen-bond donors (Lipinski definition) is 1. The lowest BCUT2D eigenvalue weighted by Gasteiger charge is -2.29. The van der Waals surface area contributed by atoms with Crippen LogP contribution in [-0.2, 0) is 24.8 Å². The average Bonchev–Trinajstić information content (AvgIpc) is 2.78. The first-order valence-electron chi connectivity index (χ1n) is 7.97. The molecule has 2 aromatic rings. The number of benzene rings is 1. The molecule has 0 atom stereocenters. The molecule has 112 valence electrons. The summed E-state index contributed by atoms with van der Waals surface area (Å²) in [6.45, 7) is 5.48. The van der Waals surface area contributed by atoms with Gasteiger partial charge in [0.2, 0.25) is 0 Å². The van der Waals surface area contributed by atoms with E-state index in [0.717, 1.165) is 31.6 Å². The Morgan fingerprint density at radius 2 is 2.00 bits per heavy atom. The Hall–Kier alpha value is -1.77. The van der Waals surface area contributed by atoms with E-state index in [1.807, 2.05) is 4.68 Å². The molecular formula is C18H25N3. The molecular weight excluding hydrogens is 258 g/mol. The van der Waals surface area contributed by atoms with Gasteiger partial charge in [0.25, 0.3) is 0 Å². The predicted molar refractivity (Wildman–Crippen MR) is 87.4 cm³/mol. The van der Waals surface area contributed by atoms with Crippen molar-refractivity contribution >= 4 is 5.82 Å². The summed E-state index contributed by atoms with van der Waals surface area (Å²) >= 11 is 0. The second-order valence-electron chi connectivity index (χ2n) is 6.76. The maximum Gasteiger partial charge on any atom is 0.125 e. The van der Waals surface area contributed by atoms with E-state index in [2.05, 4.69) is 44.2 Å². The topological polar surface area (TPSA) is 43.8 Å². The fourth-order valence-corrected chi connectivity index (χ4v) is 3.51. The van der Waals surface area contributed by atoms with Crippen LogP contribution in [0.3, 0.4) is 0 Å². The average molecular weight is 283 g/mol. The van der Waals surface area contributed by atoms with E-state index in [-0.39, 0.29) is 5.41 Å². The van der Waals surface area contributed by atoms with Crippen molar-refractivity contribution < 1.29 is 0 Å². The van der Waals surface area contributed by atoms with E-state index >= 15 is 0 Å². The van der Waals surface area contributed by atoms with Crippen molar-refractivity contribution in [3.63, 3.8) is 0 Å². The minimum atomic E-state index is 0.176. The molecule has 0 aliphatic heterocycles. The quantitative estimate of drug-likeness (QED) is 0.929. The number of hydrogen-bond acceptors (Lipinski definition) is 2. The third kappa shape index (κ3) is 2.82. The summed E-state index contributed by atoms with van der Waals surface area (Å²) < 4.78 is 2.03. The Labute approximate surface area is 127 Å². The maximum atomic E-state index is 6.38. The van der Waals surface area contributed by atoms with E-state index in [4.69, 9.17) is 10.8 Å². The number of aromatic nitrogens is 2. The van der Waals surface area contributed by atoms with Gasteiger partial charge in [0, 0.05) is 12.1 Å². The lowest BCUT2D eigenvalue weighted by Crippen LogP contribution is -2.24. The molecule has 3 rings (SSSR count). The van der Waals surface area contributed by atoms with Crippen molar-refractivity contribution in [2.24, 2.45) is 0 Å². The molecule has 0 fully saturated rings. The van der Waals surface area contributed by atoms with Gasteiger partial charge in [-0.05, 0) is 43.1 Å². The summed E-state index contributed by atoms with van der Waals surface area (Å²) in [5.74, 6) is 0.891. The summed E-state index contributed by atoms with van der Waals surface area (Å²) in [5.41, 5.74) is 10.5. The Morgan fingerprint density at radius 3 is 2.71 bits per heavy atom. The van der Waals surface area contributed by atoms with Crippen LogP contribution in [0, 0.1) is 0 Å². The van der Waals surface area contributed by atoms with Crippen LogP contribution >= 0.6 is 0 Å². The van der Waals surface area contributed by atoms with Gasteiger partial charge in [0.05, 0.1) is 5.69 Å². The summed E-state index contributed by atoms with van der Waals surface area (Å²) in [5, 5.41) is 4.77. The van der Waals surface area contributed by atoms with Gasteiger partial charge >= 0.3 is 0 Å². The van der Waals surface area contributed by atoms with Crippen molar-refractivity contribution in [1.82, 2.24) is 9.78 Å². The van der Waals surface area contributed by atoms with Crippen molar-refractivity contribution in [3.8, 4) is 0 Å². The number of nitrogens with zero attached hydrogens (tertiary/aromatic N) is 2. The van der Waals surface area contributed by atoms with E-state index in [9.17, 15) is 0 Å². The molecule has 0 saturated carbocycles. The fourth-order valence-electron chi connectivity index (χ4n) is 3.51. The SMILES string of the molecule is CC1(C)CCCc2nn(CCCc3ccccc3)c(N)c21. The summed E-state index contributed by atoms with van der Waals surface area (Å²) in [6, 6.07) is 10.6. The van der Waals surface area contributed by atoms with E-state index < -0.39 is 0 Å². The van der Waals surface area contributed by atoms with Gasteiger partial charge in [-0.25, -0.2) is 4.68 Å². The monoisotopic (exact) mass is 283 g/mol. The fraction of sp³-hybridized carbons (Fsp3) is 0.500. The standard InChI is InChI=1S/C18H25N3/c1-18(2)12-6-11-15-16(18)17(19)21(20-15)13-7-10-14-8-4-3-5-9-14/h3-5,8-9H,6-7,10-13,19H2,1-2H3. The lowest BCUT2D eigenvalue weighted by molar-refractivity contribution is 0.431. The normalized spacial score (nSPS) is 16.7. The van der Waals surface area contributed by atoms with E-state index in [1.54, 1.807) is 0 Å². The first-order chi connectivity index (χ1) is 10.1. The minimum absolute atomic E-state index is 0.176. The maximum absolute atomic E-state index is 6.38. The molecule has 1 heterocycles. The first kappa shape index (κ1) is 14.2. The molecule has 1 aromatic carbocycles. The minimum Gasteiger partial charge on any atom is -0.384 e. The molecule has 0 bridgehead atoms. The van der Waals surface area contributed by atoms with Gasteiger partial charge in [-0.3, -0.25) is 0 Å². The van der Waals surface area contributed by atoms with Crippen LogP contribution in [0.15, 0.2) is 30.3 Å². The number of rotatable bonds is 4. The van der Waals surface area contributed by atoms with Crippen LogP contribution in [0.1, 0.15) is 49.9 Å². The van der Waals surface area contributed by atoms with Gasteiger partial charge in [0.15, 0.2) is 0 Å². The third-order valence-electron chi connectivity index (χ3n) is 4.63. The highest BCUT2D eigenvalue weighted by molar-refractivity contribution is 5.49. The zero-order valence-electron chi connectivity index (χ0n) is 13.1.